The third-order valence-electron chi connectivity index (χ3n) is 2.24. The molecule has 1 aromatic heterocycles. The molecule has 0 aromatic carbocycles. The third kappa shape index (κ3) is 5.49. The van der Waals surface area contributed by atoms with Crippen molar-refractivity contribution in [3.63, 3.8) is 0 Å². The second-order valence-electron chi connectivity index (χ2n) is 4.89. The molecule has 1 aromatic rings. The Bertz CT molecular complexity index is 328. The van der Waals surface area contributed by atoms with E-state index in [1.54, 1.807) is 6.20 Å². The maximum Gasteiger partial charge on any atom is 0.225 e. The first-order valence-electron chi connectivity index (χ1n) is 5.83. The fourth-order valence-corrected chi connectivity index (χ4v) is 1.19. The van der Waals surface area contributed by atoms with Gasteiger partial charge in [0.25, 0.3) is 0 Å². The smallest absolute Gasteiger partial charge is 0.225 e. The molecule has 1 N–H and O–H groups in total. The highest BCUT2D eigenvalue weighted by molar-refractivity contribution is 5.81. The van der Waals surface area contributed by atoms with E-state index in [0.717, 1.165) is 6.54 Å². The highest BCUT2D eigenvalue weighted by Crippen LogP contribution is 2.11. The molecule has 0 unspecified atom stereocenters. The first-order valence-corrected chi connectivity index (χ1v) is 5.83. The molecule has 0 spiro atoms. The van der Waals surface area contributed by atoms with Crippen LogP contribution in [0.3, 0.4) is 0 Å². The lowest BCUT2D eigenvalue weighted by Gasteiger charge is -2.17. The zero-order valence-corrected chi connectivity index (χ0v) is 10.8. The van der Waals surface area contributed by atoms with Gasteiger partial charge < -0.3 is 10.1 Å². The Morgan fingerprint density at radius 2 is 2.18 bits per heavy atom. The molecule has 1 rings (SSSR count). The number of carbonyl (C=O) groups is 1. The molecule has 0 bridgehead atoms. The van der Waals surface area contributed by atoms with Crippen LogP contribution in [0.4, 0.5) is 0 Å². The van der Waals surface area contributed by atoms with Gasteiger partial charge in [-0.2, -0.15) is 5.10 Å². The van der Waals surface area contributed by atoms with Gasteiger partial charge in [0.1, 0.15) is 0 Å². The number of aromatic nitrogens is 2. The van der Waals surface area contributed by atoms with Crippen molar-refractivity contribution < 1.29 is 9.53 Å². The van der Waals surface area contributed by atoms with E-state index in [-0.39, 0.29) is 11.3 Å². The molecule has 0 fully saturated rings. The summed E-state index contributed by atoms with van der Waals surface area (Å²) in [5, 5.41) is 6.89. The van der Waals surface area contributed by atoms with Gasteiger partial charge in [-0.15, -0.1) is 0 Å². The van der Waals surface area contributed by atoms with Crippen molar-refractivity contribution >= 4 is 5.91 Å². The topological polar surface area (TPSA) is 56.1 Å². The van der Waals surface area contributed by atoms with Crippen LogP contribution < -0.4 is 5.32 Å². The number of carbonyl (C=O) groups excluding carboxylic acids is 1. The van der Waals surface area contributed by atoms with E-state index in [0.29, 0.717) is 19.8 Å². The van der Waals surface area contributed by atoms with Gasteiger partial charge in [-0.05, 0) is 6.07 Å². The summed E-state index contributed by atoms with van der Waals surface area (Å²) in [5.74, 6) is 0.0492. The SMILES string of the molecule is CC(C)(C)C(=O)NCCOCCn1cccn1. The monoisotopic (exact) mass is 239 g/mol. The quantitative estimate of drug-likeness (QED) is 0.755. The summed E-state index contributed by atoms with van der Waals surface area (Å²) in [5.41, 5.74) is -0.338. The summed E-state index contributed by atoms with van der Waals surface area (Å²) in [6.45, 7) is 8.09. The van der Waals surface area contributed by atoms with Gasteiger partial charge in [-0.1, -0.05) is 20.8 Å². The molecule has 96 valence electrons. The van der Waals surface area contributed by atoms with Gasteiger partial charge in [0.05, 0.1) is 19.8 Å². The highest BCUT2D eigenvalue weighted by Gasteiger charge is 2.20. The lowest BCUT2D eigenvalue weighted by Crippen LogP contribution is -2.36. The molecule has 1 heterocycles. The van der Waals surface area contributed by atoms with E-state index in [4.69, 9.17) is 4.74 Å². The van der Waals surface area contributed by atoms with Crippen molar-refractivity contribution in [1.82, 2.24) is 15.1 Å². The average Bonchev–Trinajstić information content (AvgIpc) is 2.74. The van der Waals surface area contributed by atoms with Crippen LogP contribution in [-0.2, 0) is 16.1 Å². The van der Waals surface area contributed by atoms with Gasteiger partial charge in [0.2, 0.25) is 5.91 Å². The van der Waals surface area contributed by atoms with Crippen LogP contribution in [0, 0.1) is 5.41 Å². The molecule has 1 amide bonds. The Labute approximate surface area is 102 Å². The van der Waals surface area contributed by atoms with E-state index in [1.807, 2.05) is 37.7 Å². The maximum absolute atomic E-state index is 11.5. The van der Waals surface area contributed by atoms with Gasteiger partial charge in [0.15, 0.2) is 0 Å². The molecule has 0 radical (unpaired) electrons. The molecular formula is C12H21N3O2. The van der Waals surface area contributed by atoms with Gasteiger partial charge >= 0.3 is 0 Å². The Kier molecular flexibility index (Phi) is 5.15. The van der Waals surface area contributed by atoms with Crippen molar-refractivity contribution in [2.24, 2.45) is 5.41 Å². The van der Waals surface area contributed by atoms with Crippen LogP contribution in [0.1, 0.15) is 20.8 Å². The van der Waals surface area contributed by atoms with Crippen LogP contribution >= 0.6 is 0 Å². The molecule has 0 saturated heterocycles. The number of ether oxygens (including phenoxy) is 1. The molecule has 5 heteroatoms. The lowest BCUT2D eigenvalue weighted by atomic mass is 9.96. The summed E-state index contributed by atoms with van der Waals surface area (Å²) in [7, 11) is 0. The molecule has 0 aliphatic carbocycles. The molecular weight excluding hydrogens is 218 g/mol. The van der Waals surface area contributed by atoms with Crippen LogP contribution in [-0.4, -0.2) is 35.4 Å². The maximum atomic E-state index is 11.5. The van der Waals surface area contributed by atoms with Crippen molar-refractivity contribution in [2.75, 3.05) is 19.8 Å². The molecule has 0 aliphatic heterocycles. The molecule has 17 heavy (non-hydrogen) atoms. The van der Waals surface area contributed by atoms with Crippen molar-refractivity contribution in [3.8, 4) is 0 Å². The average molecular weight is 239 g/mol. The van der Waals surface area contributed by atoms with Crippen LogP contribution in [0.15, 0.2) is 18.5 Å². The number of hydrogen-bond acceptors (Lipinski definition) is 3. The van der Waals surface area contributed by atoms with Crippen molar-refractivity contribution in [3.05, 3.63) is 18.5 Å². The second-order valence-corrected chi connectivity index (χ2v) is 4.89. The molecule has 0 aliphatic rings. The van der Waals surface area contributed by atoms with E-state index in [2.05, 4.69) is 10.4 Å². The fourth-order valence-electron chi connectivity index (χ4n) is 1.19. The number of nitrogens with zero attached hydrogens (tertiary/aromatic N) is 2. The van der Waals surface area contributed by atoms with Crippen LogP contribution in [0.2, 0.25) is 0 Å². The van der Waals surface area contributed by atoms with Gasteiger partial charge in [-0.25, -0.2) is 0 Å². The Balaban J connectivity index is 2.00. The number of nitrogens with one attached hydrogen (secondary N) is 1. The Morgan fingerprint density at radius 3 is 2.76 bits per heavy atom. The minimum Gasteiger partial charge on any atom is -0.378 e. The molecule has 0 atom stereocenters. The third-order valence-corrected chi connectivity index (χ3v) is 2.24. The Hall–Kier alpha value is -1.36. The minimum atomic E-state index is -0.338. The number of hydrogen-bond donors (Lipinski definition) is 1. The number of rotatable bonds is 6. The molecule has 5 nitrogen and oxygen atoms in total. The van der Waals surface area contributed by atoms with Crippen molar-refractivity contribution in [2.45, 2.75) is 27.3 Å². The highest BCUT2D eigenvalue weighted by atomic mass is 16.5. The van der Waals surface area contributed by atoms with E-state index < -0.39 is 0 Å². The largest absolute Gasteiger partial charge is 0.378 e. The van der Waals surface area contributed by atoms with E-state index in [9.17, 15) is 4.79 Å². The predicted molar refractivity (Wildman–Crippen MR) is 65.5 cm³/mol. The summed E-state index contributed by atoms with van der Waals surface area (Å²) in [6, 6.07) is 1.88. The second kappa shape index (κ2) is 6.39. The summed E-state index contributed by atoms with van der Waals surface area (Å²) >= 11 is 0. The van der Waals surface area contributed by atoms with Gasteiger partial charge in [0, 0.05) is 24.4 Å². The summed E-state index contributed by atoms with van der Waals surface area (Å²) < 4.78 is 7.21. The number of amides is 1. The first-order chi connectivity index (χ1) is 8.00. The zero-order chi connectivity index (χ0) is 12.7. The minimum absolute atomic E-state index is 0.0492. The fraction of sp³-hybridized carbons (Fsp3) is 0.667. The standard InChI is InChI=1S/C12H21N3O2/c1-12(2,3)11(16)13-6-9-17-10-8-15-7-4-5-14-15/h4-5,7H,6,8-10H2,1-3H3,(H,13,16). The first kappa shape index (κ1) is 13.7. The van der Waals surface area contributed by atoms with Crippen molar-refractivity contribution in [1.29, 1.82) is 0 Å². The Morgan fingerprint density at radius 1 is 1.41 bits per heavy atom. The van der Waals surface area contributed by atoms with Gasteiger partial charge in [-0.3, -0.25) is 9.48 Å². The van der Waals surface area contributed by atoms with E-state index >= 15 is 0 Å². The predicted octanol–water partition coefficient (Wildman–Crippen LogP) is 1.06. The van der Waals surface area contributed by atoms with E-state index in [1.165, 1.54) is 0 Å². The lowest BCUT2D eigenvalue weighted by molar-refractivity contribution is -0.128. The molecule has 0 saturated carbocycles. The summed E-state index contributed by atoms with van der Waals surface area (Å²) in [4.78, 5) is 11.5. The summed E-state index contributed by atoms with van der Waals surface area (Å²) in [6.07, 6.45) is 3.63. The normalized spacial score (nSPS) is 11.5. The van der Waals surface area contributed by atoms with Crippen LogP contribution in [0.5, 0.6) is 0 Å². The van der Waals surface area contributed by atoms with Crippen LogP contribution in [0.25, 0.3) is 0 Å². The zero-order valence-electron chi connectivity index (χ0n) is 10.8.